The quantitative estimate of drug-likeness (QED) is 0.585. The van der Waals surface area contributed by atoms with Crippen molar-refractivity contribution in [2.45, 2.75) is 6.92 Å². The Labute approximate surface area is 185 Å². The number of anilines is 1. The van der Waals surface area contributed by atoms with Gasteiger partial charge in [0, 0.05) is 32.4 Å². The first-order valence-electron chi connectivity index (χ1n) is 10.5. The minimum Gasteiger partial charge on any atom is -0.497 e. The summed E-state index contributed by atoms with van der Waals surface area (Å²) >= 11 is 0. The summed E-state index contributed by atoms with van der Waals surface area (Å²) in [4.78, 5) is 34.0. The van der Waals surface area contributed by atoms with E-state index in [1.165, 1.54) is 10.7 Å². The lowest BCUT2D eigenvalue weighted by atomic mass is 10.2. The topological polar surface area (TPSA) is 89.8 Å². The number of hydrogen-bond donors (Lipinski definition) is 0. The Bertz CT molecular complexity index is 1120. The molecule has 1 aliphatic heterocycles. The van der Waals surface area contributed by atoms with E-state index in [1.807, 2.05) is 25.1 Å². The van der Waals surface area contributed by atoms with E-state index < -0.39 is 5.43 Å². The molecule has 0 aliphatic carbocycles. The molecule has 9 heteroatoms. The van der Waals surface area contributed by atoms with Gasteiger partial charge in [-0.2, -0.15) is 5.10 Å². The van der Waals surface area contributed by atoms with Crippen LogP contribution in [0.4, 0.5) is 5.82 Å². The van der Waals surface area contributed by atoms with Gasteiger partial charge in [0.15, 0.2) is 5.69 Å². The van der Waals surface area contributed by atoms with Gasteiger partial charge in [-0.25, -0.2) is 9.67 Å². The van der Waals surface area contributed by atoms with Crippen LogP contribution in [0, 0.1) is 0 Å². The second kappa shape index (κ2) is 9.51. The van der Waals surface area contributed by atoms with Crippen molar-refractivity contribution in [3.05, 3.63) is 70.6 Å². The molecule has 1 saturated heterocycles. The van der Waals surface area contributed by atoms with Crippen LogP contribution in [-0.4, -0.2) is 65.5 Å². The van der Waals surface area contributed by atoms with Gasteiger partial charge < -0.3 is 19.3 Å². The predicted octanol–water partition coefficient (Wildman–Crippen LogP) is 2.00. The lowest BCUT2D eigenvalue weighted by molar-refractivity contribution is 0.0736. The summed E-state index contributed by atoms with van der Waals surface area (Å²) in [6.45, 7) is 4.40. The van der Waals surface area contributed by atoms with Crippen LogP contribution in [0.5, 0.6) is 11.6 Å². The lowest BCUT2D eigenvalue weighted by Gasteiger charge is -2.35. The summed E-state index contributed by atoms with van der Waals surface area (Å²) in [7, 11) is 1.59. The molecule has 3 heterocycles. The number of pyridine rings is 1. The molecule has 1 aliphatic rings. The van der Waals surface area contributed by atoms with Gasteiger partial charge >= 0.3 is 0 Å². The molecular weight excluding hydrogens is 410 g/mol. The van der Waals surface area contributed by atoms with Crippen LogP contribution in [-0.2, 0) is 0 Å². The Kier molecular flexibility index (Phi) is 6.34. The molecule has 0 unspecified atom stereocenters. The molecule has 1 fully saturated rings. The van der Waals surface area contributed by atoms with E-state index in [9.17, 15) is 9.59 Å². The number of nitrogens with zero attached hydrogens (tertiary/aromatic N) is 5. The Morgan fingerprint density at radius 3 is 2.44 bits per heavy atom. The number of ether oxygens (including phenoxy) is 2. The third kappa shape index (κ3) is 4.41. The maximum Gasteiger partial charge on any atom is 0.278 e. The summed E-state index contributed by atoms with van der Waals surface area (Å²) < 4.78 is 12.3. The van der Waals surface area contributed by atoms with Crippen LogP contribution >= 0.6 is 0 Å². The van der Waals surface area contributed by atoms with Crippen LogP contribution in [0.1, 0.15) is 17.4 Å². The van der Waals surface area contributed by atoms with Crippen molar-refractivity contribution < 1.29 is 14.3 Å². The highest BCUT2D eigenvalue weighted by atomic mass is 16.5. The lowest BCUT2D eigenvalue weighted by Crippen LogP contribution is -2.50. The summed E-state index contributed by atoms with van der Waals surface area (Å²) in [5.41, 5.74) is 0.0641. The van der Waals surface area contributed by atoms with Gasteiger partial charge in [-0.15, -0.1) is 0 Å². The molecule has 166 valence electrons. The van der Waals surface area contributed by atoms with E-state index in [4.69, 9.17) is 9.47 Å². The fraction of sp³-hybridized carbons (Fsp3) is 0.304. The van der Waals surface area contributed by atoms with Gasteiger partial charge in [-0.05, 0) is 43.3 Å². The molecule has 1 amide bonds. The Morgan fingerprint density at radius 2 is 1.81 bits per heavy atom. The molecule has 32 heavy (non-hydrogen) atoms. The number of carbonyl (C=O) groups excluding carboxylic acids is 1. The molecule has 0 bridgehead atoms. The first kappa shape index (κ1) is 21.4. The van der Waals surface area contributed by atoms with Crippen LogP contribution in [0.2, 0.25) is 0 Å². The molecule has 2 aromatic heterocycles. The highest BCUT2D eigenvalue weighted by molar-refractivity contribution is 5.92. The van der Waals surface area contributed by atoms with Crippen molar-refractivity contribution in [3.8, 4) is 17.3 Å². The zero-order valence-corrected chi connectivity index (χ0v) is 18.1. The first-order valence-corrected chi connectivity index (χ1v) is 10.5. The van der Waals surface area contributed by atoms with Crippen LogP contribution in [0.25, 0.3) is 5.69 Å². The smallest absolute Gasteiger partial charge is 0.278 e. The maximum absolute atomic E-state index is 13.2. The number of benzene rings is 1. The Morgan fingerprint density at radius 1 is 1.06 bits per heavy atom. The largest absolute Gasteiger partial charge is 0.497 e. The fourth-order valence-corrected chi connectivity index (χ4v) is 3.58. The fourth-order valence-electron chi connectivity index (χ4n) is 3.58. The highest BCUT2D eigenvalue weighted by Gasteiger charge is 2.26. The number of amides is 1. The van der Waals surface area contributed by atoms with Crippen molar-refractivity contribution in [2.24, 2.45) is 0 Å². The molecule has 3 aromatic rings. The molecule has 0 saturated carbocycles. The van der Waals surface area contributed by atoms with E-state index in [0.29, 0.717) is 44.2 Å². The molecule has 0 atom stereocenters. The number of aromatic nitrogens is 3. The van der Waals surface area contributed by atoms with Gasteiger partial charge in [0.05, 0.1) is 25.5 Å². The van der Waals surface area contributed by atoms with Crippen molar-refractivity contribution in [2.75, 3.05) is 44.8 Å². The zero-order valence-electron chi connectivity index (χ0n) is 18.1. The highest BCUT2D eigenvalue weighted by Crippen LogP contribution is 2.20. The van der Waals surface area contributed by atoms with E-state index in [2.05, 4.69) is 15.0 Å². The molecule has 9 nitrogen and oxygen atoms in total. The molecule has 0 radical (unpaired) electrons. The van der Waals surface area contributed by atoms with E-state index in [0.717, 1.165) is 5.82 Å². The van der Waals surface area contributed by atoms with Crippen molar-refractivity contribution in [3.63, 3.8) is 0 Å². The van der Waals surface area contributed by atoms with Gasteiger partial charge in [-0.1, -0.05) is 6.07 Å². The van der Waals surface area contributed by atoms with Crippen molar-refractivity contribution in [1.29, 1.82) is 0 Å². The monoisotopic (exact) mass is 435 g/mol. The van der Waals surface area contributed by atoms with Crippen LogP contribution in [0.3, 0.4) is 0 Å². The first-order chi connectivity index (χ1) is 15.6. The maximum atomic E-state index is 13.2. The standard InChI is InChI=1S/C23H25N5O4/c1-3-32-21-16-19(29)22(25-28(21)17-7-9-18(31-2)10-8-17)23(30)27-14-12-26(13-15-27)20-6-4-5-11-24-20/h4-11,16H,3,12-15H2,1-2H3. The molecule has 0 N–H and O–H groups in total. The number of methoxy groups -OCH3 is 1. The molecular formula is C23H25N5O4. The van der Waals surface area contributed by atoms with Gasteiger partial charge in [0.1, 0.15) is 11.6 Å². The predicted molar refractivity (Wildman–Crippen MR) is 120 cm³/mol. The molecule has 1 aromatic carbocycles. The van der Waals surface area contributed by atoms with Gasteiger partial charge in [-0.3, -0.25) is 9.59 Å². The average molecular weight is 435 g/mol. The number of rotatable bonds is 6. The molecule has 0 spiro atoms. The number of carbonyl (C=O) groups is 1. The summed E-state index contributed by atoms with van der Waals surface area (Å²) in [6.07, 6.45) is 1.75. The van der Waals surface area contributed by atoms with Crippen molar-refractivity contribution in [1.82, 2.24) is 19.7 Å². The Hall–Kier alpha value is -3.88. The minimum absolute atomic E-state index is 0.129. The SMILES string of the molecule is CCOc1cc(=O)c(C(=O)N2CCN(c3ccccn3)CC2)nn1-c1ccc(OC)cc1. The van der Waals surface area contributed by atoms with Gasteiger partial charge in [0.25, 0.3) is 5.91 Å². The molecule has 4 rings (SSSR count). The third-order valence-corrected chi connectivity index (χ3v) is 5.25. The second-order valence-electron chi connectivity index (χ2n) is 7.21. The van der Waals surface area contributed by atoms with Crippen molar-refractivity contribution >= 4 is 11.7 Å². The normalized spacial score (nSPS) is 13.7. The van der Waals surface area contributed by atoms with E-state index in [1.54, 1.807) is 42.5 Å². The van der Waals surface area contributed by atoms with Gasteiger partial charge in [0.2, 0.25) is 11.3 Å². The third-order valence-electron chi connectivity index (χ3n) is 5.25. The zero-order chi connectivity index (χ0) is 22.5. The summed E-state index contributed by atoms with van der Waals surface area (Å²) in [6, 6.07) is 14.2. The van der Waals surface area contributed by atoms with Crippen LogP contribution < -0.4 is 19.8 Å². The van der Waals surface area contributed by atoms with E-state index in [-0.39, 0.29) is 17.5 Å². The van der Waals surface area contributed by atoms with Crippen LogP contribution in [0.15, 0.2) is 59.5 Å². The summed E-state index contributed by atoms with van der Waals surface area (Å²) in [5.74, 6) is 1.45. The number of piperazine rings is 1. The summed E-state index contributed by atoms with van der Waals surface area (Å²) in [5, 5.41) is 4.39. The average Bonchev–Trinajstić information content (AvgIpc) is 2.85. The number of hydrogen-bond acceptors (Lipinski definition) is 7. The Balaban J connectivity index is 1.58. The minimum atomic E-state index is -0.463. The second-order valence-corrected chi connectivity index (χ2v) is 7.21. The van der Waals surface area contributed by atoms with E-state index >= 15 is 0 Å².